The van der Waals surface area contributed by atoms with Crippen LogP contribution in [-0.4, -0.2) is 65.4 Å². The molecule has 0 saturated carbocycles. The summed E-state index contributed by atoms with van der Waals surface area (Å²) in [6, 6.07) is 8.68. The van der Waals surface area contributed by atoms with Gasteiger partial charge in [0.05, 0.1) is 48.4 Å². The highest BCUT2D eigenvalue weighted by molar-refractivity contribution is 5.93. The van der Waals surface area contributed by atoms with Crippen LogP contribution in [0.4, 0.5) is 37.8 Å². The normalized spacial score (nSPS) is 12.3. The molecule has 0 aliphatic carbocycles. The third-order valence-corrected chi connectivity index (χ3v) is 6.03. The highest BCUT2D eigenvalue weighted by Crippen LogP contribution is 2.37. The van der Waals surface area contributed by atoms with Crippen LogP contribution in [0.5, 0.6) is 0 Å². The van der Waals surface area contributed by atoms with E-state index in [0.717, 1.165) is 18.3 Å². The van der Waals surface area contributed by atoms with Crippen LogP contribution < -0.4 is 5.32 Å². The molecule has 3 heterocycles. The van der Waals surface area contributed by atoms with Crippen molar-refractivity contribution < 1.29 is 35.8 Å². The molecular weight excluding hydrogens is 554 g/mol. The van der Waals surface area contributed by atoms with Crippen molar-refractivity contribution in [2.45, 2.75) is 18.9 Å². The zero-order valence-electron chi connectivity index (χ0n) is 22.1. The number of halogens is 6. The number of nitrogens with zero attached hydrogens (tertiary/aromatic N) is 5. The quantitative estimate of drug-likeness (QED) is 0.218. The fourth-order valence-corrected chi connectivity index (χ4v) is 4.04. The number of nitrogens with one attached hydrogen (secondary N) is 1. The monoisotopic (exact) mass is 580 g/mol. The van der Waals surface area contributed by atoms with Gasteiger partial charge in [0.1, 0.15) is 17.3 Å². The van der Waals surface area contributed by atoms with Gasteiger partial charge < -0.3 is 14.8 Å². The molecule has 3 aromatic heterocycles. The number of alkyl halides is 6. The van der Waals surface area contributed by atoms with E-state index in [0.29, 0.717) is 43.0 Å². The first-order valence-electron chi connectivity index (χ1n) is 12.3. The van der Waals surface area contributed by atoms with Crippen LogP contribution in [0.1, 0.15) is 17.1 Å². The number of hydrogen-bond acceptors (Lipinski definition) is 8. The van der Waals surface area contributed by atoms with Gasteiger partial charge in [-0.2, -0.15) is 26.3 Å². The smallest absolute Gasteiger partial charge is 0.383 e. The van der Waals surface area contributed by atoms with Crippen molar-refractivity contribution >= 4 is 22.4 Å². The molecule has 0 unspecified atom stereocenters. The van der Waals surface area contributed by atoms with Gasteiger partial charge >= 0.3 is 12.4 Å². The van der Waals surface area contributed by atoms with Crippen LogP contribution in [0, 0.1) is 0 Å². The second kappa shape index (κ2) is 12.7. The molecule has 41 heavy (non-hydrogen) atoms. The van der Waals surface area contributed by atoms with E-state index in [1.54, 1.807) is 14.2 Å². The number of aromatic nitrogens is 4. The predicted octanol–water partition coefficient (Wildman–Crippen LogP) is 5.96. The molecule has 0 fully saturated rings. The minimum absolute atomic E-state index is 0.188. The van der Waals surface area contributed by atoms with E-state index in [9.17, 15) is 26.3 Å². The van der Waals surface area contributed by atoms with Crippen molar-refractivity contribution in [2.24, 2.45) is 0 Å². The lowest BCUT2D eigenvalue weighted by atomic mass is 10.0. The molecule has 14 heteroatoms. The Bertz CT molecular complexity index is 1460. The average molecular weight is 581 g/mol. The van der Waals surface area contributed by atoms with Crippen molar-refractivity contribution in [3.63, 3.8) is 0 Å². The van der Waals surface area contributed by atoms with Gasteiger partial charge in [-0.25, -0.2) is 15.0 Å². The Balaban J connectivity index is 1.79. The number of ether oxygens (including phenoxy) is 2. The molecule has 0 aliphatic heterocycles. The summed E-state index contributed by atoms with van der Waals surface area (Å²) in [4.78, 5) is 18.6. The first kappa shape index (κ1) is 30.1. The minimum atomic E-state index is -4.62. The van der Waals surface area contributed by atoms with E-state index in [1.165, 1.54) is 36.5 Å². The lowest BCUT2D eigenvalue weighted by molar-refractivity contribution is -0.141. The number of rotatable bonds is 11. The van der Waals surface area contributed by atoms with E-state index >= 15 is 0 Å². The molecule has 4 aromatic rings. The second-order valence-corrected chi connectivity index (χ2v) is 8.93. The summed E-state index contributed by atoms with van der Waals surface area (Å²) >= 11 is 0. The Morgan fingerprint density at radius 1 is 0.854 bits per heavy atom. The van der Waals surface area contributed by atoms with Gasteiger partial charge in [0.15, 0.2) is 0 Å². The zero-order valence-corrected chi connectivity index (χ0v) is 22.1. The topological polar surface area (TPSA) is 85.3 Å². The Labute approximate surface area is 231 Å². The molecule has 4 rings (SSSR count). The molecule has 1 N–H and O–H groups in total. The van der Waals surface area contributed by atoms with Crippen molar-refractivity contribution in [3.05, 3.63) is 71.9 Å². The summed E-state index contributed by atoms with van der Waals surface area (Å²) in [5, 5.41) is 3.41. The summed E-state index contributed by atoms with van der Waals surface area (Å²) in [5.41, 5.74) is -1.48. The van der Waals surface area contributed by atoms with Crippen LogP contribution in [0.2, 0.25) is 0 Å². The maximum absolute atomic E-state index is 13.7. The number of benzene rings is 1. The number of pyridine rings is 2. The number of methoxy groups -OCH3 is 2. The van der Waals surface area contributed by atoms with E-state index in [1.807, 2.05) is 4.90 Å². The molecule has 0 atom stereocenters. The number of fused-ring (bicyclic) bond motifs is 1. The molecule has 0 aliphatic rings. The van der Waals surface area contributed by atoms with Gasteiger partial charge in [-0.3, -0.25) is 9.88 Å². The summed E-state index contributed by atoms with van der Waals surface area (Å²) < 4.78 is 90.4. The molecule has 0 spiro atoms. The van der Waals surface area contributed by atoms with Gasteiger partial charge in [0.2, 0.25) is 0 Å². The maximum atomic E-state index is 13.7. The van der Waals surface area contributed by atoms with Gasteiger partial charge in [0.25, 0.3) is 0 Å². The Morgan fingerprint density at radius 3 is 2.20 bits per heavy atom. The third-order valence-electron chi connectivity index (χ3n) is 6.03. The molecular formula is C27H26F6N6O2. The van der Waals surface area contributed by atoms with Gasteiger partial charge in [-0.1, -0.05) is 6.07 Å². The molecule has 8 nitrogen and oxygen atoms in total. The summed E-state index contributed by atoms with van der Waals surface area (Å²) in [7, 11) is 3.13. The fraction of sp³-hybridized carbons (Fsp3) is 0.333. The first-order valence-corrected chi connectivity index (χ1v) is 12.3. The Hall–Kier alpha value is -3.88. The van der Waals surface area contributed by atoms with Crippen LogP contribution in [0.15, 0.2) is 54.9 Å². The van der Waals surface area contributed by atoms with Gasteiger partial charge in [-0.15, -0.1) is 0 Å². The second-order valence-electron chi connectivity index (χ2n) is 8.93. The predicted molar refractivity (Wildman–Crippen MR) is 139 cm³/mol. The van der Waals surface area contributed by atoms with E-state index in [4.69, 9.17) is 9.47 Å². The van der Waals surface area contributed by atoms with E-state index in [-0.39, 0.29) is 29.3 Å². The van der Waals surface area contributed by atoms with Crippen LogP contribution in [0.25, 0.3) is 22.2 Å². The number of hydrogen-bond donors (Lipinski definition) is 1. The standard InChI is InChI=1S/C27H26F6N6O2/c1-40-12-10-39(11-13-41-2)16-23-37-21-14-17(24-20(26(28,29)30)4-3-9-34-24)5-7-19(21)25(38-23)36-18-6-8-22(35-15-18)27(31,32)33/h3-9,14-15H,10-13,16H2,1-2H3,(H,36,37,38). The van der Waals surface area contributed by atoms with E-state index < -0.39 is 23.6 Å². The fourth-order valence-electron chi connectivity index (χ4n) is 4.04. The highest BCUT2D eigenvalue weighted by Gasteiger charge is 2.34. The summed E-state index contributed by atoms with van der Waals surface area (Å²) in [6.07, 6.45) is -6.93. The average Bonchev–Trinajstić information content (AvgIpc) is 2.93. The van der Waals surface area contributed by atoms with Crippen molar-refractivity contribution in [1.29, 1.82) is 0 Å². The van der Waals surface area contributed by atoms with Crippen LogP contribution in [-0.2, 0) is 28.4 Å². The van der Waals surface area contributed by atoms with Crippen LogP contribution >= 0.6 is 0 Å². The minimum Gasteiger partial charge on any atom is -0.383 e. The van der Waals surface area contributed by atoms with Crippen molar-refractivity contribution in [3.8, 4) is 11.3 Å². The molecule has 0 amide bonds. The van der Waals surface area contributed by atoms with Crippen molar-refractivity contribution in [1.82, 2.24) is 24.8 Å². The summed E-state index contributed by atoms with van der Waals surface area (Å²) in [5.74, 6) is 0.565. The van der Waals surface area contributed by atoms with E-state index in [2.05, 4.69) is 25.3 Å². The first-order chi connectivity index (χ1) is 19.5. The lowest BCUT2D eigenvalue weighted by Crippen LogP contribution is -2.31. The largest absolute Gasteiger partial charge is 0.433 e. The molecule has 0 bridgehead atoms. The lowest BCUT2D eigenvalue weighted by Gasteiger charge is -2.21. The third kappa shape index (κ3) is 7.65. The maximum Gasteiger partial charge on any atom is 0.433 e. The number of anilines is 2. The molecule has 1 aromatic carbocycles. The molecule has 0 radical (unpaired) electrons. The van der Waals surface area contributed by atoms with Crippen molar-refractivity contribution in [2.75, 3.05) is 45.8 Å². The Morgan fingerprint density at radius 2 is 1.59 bits per heavy atom. The summed E-state index contributed by atoms with van der Waals surface area (Å²) in [6.45, 7) is 2.13. The van der Waals surface area contributed by atoms with Gasteiger partial charge in [0, 0.05) is 44.5 Å². The molecule has 0 saturated heterocycles. The SMILES string of the molecule is COCCN(CCOC)Cc1nc(Nc2ccc(C(F)(F)F)nc2)c2ccc(-c3ncccc3C(F)(F)F)cc2n1. The highest BCUT2D eigenvalue weighted by atomic mass is 19.4. The molecule has 218 valence electrons. The van der Waals surface area contributed by atoms with Gasteiger partial charge in [-0.05, 0) is 36.4 Å². The zero-order chi connectivity index (χ0) is 29.6. The van der Waals surface area contributed by atoms with Crippen LogP contribution in [0.3, 0.4) is 0 Å². The Kier molecular flexibility index (Phi) is 9.35.